The zero-order valence-corrected chi connectivity index (χ0v) is 24.9. The van der Waals surface area contributed by atoms with Crippen molar-refractivity contribution in [2.45, 2.75) is 58.2 Å². The SMILES string of the molecule is CCOC(=O)N1CCC(Oc2ccc(C(=O)N3c4ccccc4[C@H](N(C(C)=O)c4ccc(Cl)cc4)C[C@@H]3C)cc2)CC1. The van der Waals surface area contributed by atoms with E-state index in [1.165, 1.54) is 0 Å². The summed E-state index contributed by atoms with van der Waals surface area (Å²) in [5.41, 5.74) is 3.03. The van der Waals surface area contributed by atoms with Crippen molar-refractivity contribution in [1.29, 1.82) is 0 Å². The molecule has 220 valence electrons. The summed E-state index contributed by atoms with van der Waals surface area (Å²) in [7, 11) is 0. The van der Waals surface area contributed by atoms with Crippen LogP contribution in [0.25, 0.3) is 0 Å². The molecule has 0 N–H and O–H groups in total. The second kappa shape index (κ2) is 12.9. The lowest BCUT2D eigenvalue weighted by Crippen LogP contribution is -2.47. The van der Waals surface area contributed by atoms with E-state index in [1.807, 2.05) is 60.4 Å². The minimum atomic E-state index is -0.280. The van der Waals surface area contributed by atoms with Crippen molar-refractivity contribution in [3.63, 3.8) is 0 Å². The van der Waals surface area contributed by atoms with Crippen LogP contribution in [-0.4, -0.2) is 54.6 Å². The van der Waals surface area contributed by atoms with E-state index in [4.69, 9.17) is 21.1 Å². The fourth-order valence-electron chi connectivity index (χ4n) is 5.90. The predicted octanol–water partition coefficient (Wildman–Crippen LogP) is 6.87. The molecule has 1 saturated heterocycles. The van der Waals surface area contributed by atoms with Crippen LogP contribution in [0.4, 0.5) is 16.2 Å². The Labute approximate surface area is 251 Å². The van der Waals surface area contributed by atoms with Crippen LogP contribution >= 0.6 is 11.6 Å². The van der Waals surface area contributed by atoms with E-state index < -0.39 is 0 Å². The van der Waals surface area contributed by atoms with Gasteiger partial charge in [-0.05, 0) is 80.4 Å². The summed E-state index contributed by atoms with van der Waals surface area (Å²) in [6.07, 6.45) is 1.73. The van der Waals surface area contributed by atoms with Gasteiger partial charge in [-0.1, -0.05) is 29.8 Å². The molecule has 2 atom stereocenters. The molecule has 1 fully saturated rings. The lowest BCUT2D eigenvalue weighted by atomic mass is 9.89. The number of halogens is 1. The molecule has 0 bridgehead atoms. The van der Waals surface area contributed by atoms with E-state index in [1.54, 1.807) is 47.9 Å². The lowest BCUT2D eigenvalue weighted by Gasteiger charge is -2.43. The van der Waals surface area contributed by atoms with E-state index in [-0.39, 0.29) is 36.1 Å². The molecule has 0 aliphatic carbocycles. The van der Waals surface area contributed by atoms with Crippen molar-refractivity contribution in [3.05, 3.63) is 88.9 Å². The van der Waals surface area contributed by atoms with Crippen LogP contribution in [0.2, 0.25) is 5.02 Å². The van der Waals surface area contributed by atoms with Crippen molar-refractivity contribution in [3.8, 4) is 5.75 Å². The third-order valence-electron chi connectivity index (χ3n) is 7.91. The highest BCUT2D eigenvalue weighted by molar-refractivity contribution is 6.30. The smallest absolute Gasteiger partial charge is 0.409 e. The van der Waals surface area contributed by atoms with Crippen molar-refractivity contribution in [1.82, 2.24) is 4.90 Å². The first-order valence-electron chi connectivity index (χ1n) is 14.4. The maximum Gasteiger partial charge on any atom is 0.409 e. The zero-order chi connectivity index (χ0) is 29.8. The molecule has 3 amide bonds. The first-order valence-corrected chi connectivity index (χ1v) is 14.8. The third-order valence-corrected chi connectivity index (χ3v) is 8.16. The van der Waals surface area contributed by atoms with Gasteiger partial charge >= 0.3 is 6.09 Å². The number of benzene rings is 3. The van der Waals surface area contributed by atoms with Crippen LogP contribution in [0.5, 0.6) is 5.75 Å². The highest BCUT2D eigenvalue weighted by atomic mass is 35.5. The summed E-state index contributed by atoms with van der Waals surface area (Å²) in [4.78, 5) is 44.1. The Kier molecular flexibility index (Phi) is 9.02. The number of nitrogens with zero attached hydrogens (tertiary/aromatic N) is 3. The van der Waals surface area contributed by atoms with Crippen molar-refractivity contribution < 1.29 is 23.9 Å². The Morgan fingerprint density at radius 2 is 1.62 bits per heavy atom. The molecule has 2 heterocycles. The fourth-order valence-corrected chi connectivity index (χ4v) is 6.02. The number of rotatable bonds is 6. The third kappa shape index (κ3) is 6.23. The van der Waals surface area contributed by atoms with Crippen LogP contribution in [-0.2, 0) is 9.53 Å². The molecule has 5 rings (SSSR count). The Hall–Kier alpha value is -4.04. The molecule has 0 spiro atoms. The van der Waals surface area contributed by atoms with Gasteiger partial charge in [-0.3, -0.25) is 9.59 Å². The fraction of sp³-hybridized carbons (Fsp3) is 0.364. The highest BCUT2D eigenvalue weighted by Crippen LogP contribution is 2.43. The molecule has 9 heteroatoms. The summed E-state index contributed by atoms with van der Waals surface area (Å²) in [5, 5.41) is 0.604. The summed E-state index contributed by atoms with van der Waals surface area (Å²) in [5.74, 6) is 0.503. The van der Waals surface area contributed by atoms with E-state index in [9.17, 15) is 14.4 Å². The number of hydrogen-bond acceptors (Lipinski definition) is 5. The van der Waals surface area contributed by atoms with E-state index in [0.29, 0.717) is 42.5 Å². The number of anilines is 2. The lowest BCUT2D eigenvalue weighted by molar-refractivity contribution is -0.117. The van der Waals surface area contributed by atoms with E-state index in [0.717, 1.165) is 29.8 Å². The minimum absolute atomic E-state index is 0.00647. The zero-order valence-electron chi connectivity index (χ0n) is 24.2. The van der Waals surface area contributed by atoms with Gasteiger partial charge in [0.25, 0.3) is 5.91 Å². The molecule has 3 aromatic carbocycles. The predicted molar refractivity (Wildman–Crippen MR) is 163 cm³/mol. The van der Waals surface area contributed by atoms with Gasteiger partial charge in [0.1, 0.15) is 11.9 Å². The highest BCUT2D eigenvalue weighted by Gasteiger charge is 2.38. The molecule has 0 aromatic heterocycles. The Morgan fingerprint density at radius 1 is 0.952 bits per heavy atom. The average molecular weight is 590 g/mol. The first kappa shape index (κ1) is 29.5. The molecule has 0 saturated carbocycles. The number of carbonyl (C=O) groups excluding carboxylic acids is 3. The second-order valence-corrected chi connectivity index (χ2v) is 11.2. The van der Waals surface area contributed by atoms with Gasteiger partial charge in [0, 0.05) is 60.9 Å². The standard InChI is InChI=1S/C33H36ClN3O5/c1-4-41-33(40)35-19-17-28(18-20-35)42-27-15-9-24(10-16-27)32(39)36-22(2)21-31(29-7-5-6-8-30(29)36)37(23(3)38)26-13-11-25(34)12-14-26/h5-16,22,28,31H,4,17-21H2,1-3H3/t22-,31+/m0/s1. The van der Waals surface area contributed by atoms with Crippen LogP contribution in [0, 0.1) is 0 Å². The van der Waals surface area contributed by atoms with Crippen molar-refractivity contribution in [2.24, 2.45) is 0 Å². The monoisotopic (exact) mass is 589 g/mol. The van der Waals surface area contributed by atoms with Crippen molar-refractivity contribution in [2.75, 3.05) is 29.5 Å². The number of likely N-dealkylation sites (tertiary alicyclic amines) is 1. The van der Waals surface area contributed by atoms with E-state index >= 15 is 0 Å². The molecule has 2 aliphatic rings. The molecule has 8 nitrogen and oxygen atoms in total. The van der Waals surface area contributed by atoms with Crippen LogP contribution < -0.4 is 14.5 Å². The van der Waals surface area contributed by atoms with Gasteiger partial charge in [0.2, 0.25) is 5.91 Å². The molecule has 0 unspecified atom stereocenters. The van der Waals surface area contributed by atoms with Crippen LogP contribution in [0.1, 0.15) is 62.0 Å². The Morgan fingerprint density at radius 3 is 2.26 bits per heavy atom. The van der Waals surface area contributed by atoms with Crippen LogP contribution in [0.3, 0.4) is 0 Å². The summed E-state index contributed by atoms with van der Waals surface area (Å²) >= 11 is 6.11. The van der Waals surface area contributed by atoms with Gasteiger partial charge in [-0.15, -0.1) is 0 Å². The molecule has 2 aliphatic heterocycles. The second-order valence-electron chi connectivity index (χ2n) is 10.7. The molecular weight excluding hydrogens is 554 g/mol. The summed E-state index contributed by atoms with van der Waals surface area (Å²) < 4.78 is 11.3. The van der Waals surface area contributed by atoms with Gasteiger partial charge in [-0.2, -0.15) is 0 Å². The largest absolute Gasteiger partial charge is 0.490 e. The molecule has 42 heavy (non-hydrogen) atoms. The van der Waals surface area contributed by atoms with Gasteiger partial charge in [0.15, 0.2) is 0 Å². The van der Waals surface area contributed by atoms with Crippen molar-refractivity contribution >= 4 is 40.9 Å². The molecule has 0 radical (unpaired) electrons. The number of amides is 3. The van der Waals surface area contributed by atoms with Gasteiger partial charge < -0.3 is 24.2 Å². The maximum atomic E-state index is 13.9. The number of carbonyl (C=O) groups is 3. The normalized spacial score (nSPS) is 18.7. The number of piperidine rings is 1. The summed E-state index contributed by atoms with van der Waals surface area (Å²) in [6, 6.07) is 21.9. The Bertz CT molecular complexity index is 1420. The minimum Gasteiger partial charge on any atom is -0.490 e. The molecular formula is C33H36ClN3O5. The molecule has 3 aromatic rings. The van der Waals surface area contributed by atoms with Gasteiger partial charge in [0.05, 0.1) is 12.6 Å². The number of hydrogen-bond donors (Lipinski definition) is 0. The van der Waals surface area contributed by atoms with E-state index in [2.05, 4.69) is 0 Å². The number of para-hydroxylation sites is 1. The first-order chi connectivity index (χ1) is 20.3. The topological polar surface area (TPSA) is 79.4 Å². The quantitative estimate of drug-likeness (QED) is 0.313. The summed E-state index contributed by atoms with van der Waals surface area (Å²) in [6.45, 7) is 6.92. The maximum absolute atomic E-state index is 13.9. The Balaban J connectivity index is 1.31. The number of ether oxygens (including phenoxy) is 2. The number of fused-ring (bicyclic) bond motifs is 1. The average Bonchev–Trinajstić information content (AvgIpc) is 2.99. The van der Waals surface area contributed by atoms with Crippen LogP contribution in [0.15, 0.2) is 72.8 Å². The van der Waals surface area contributed by atoms with Gasteiger partial charge in [-0.25, -0.2) is 4.79 Å².